The van der Waals surface area contributed by atoms with E-state index < -0.39 is 16.7 Å². The van der Waals surface area contributed by atoms with Gasteiger partial charge in [0.05, 0.1) is 15.5 Å². The molecule has 1 aromatic heterocycles. The van der Waals surface area contributed by atoms with Crippen molar-refractivity contribution in [2.75, 3.05) is 0 Å². The summed E-state index contributed by atoms with van der Waals surface area (Å²) in [7, 11) is 0. The Bertz CT molecular complexity index is 674. The fourth-order valence-electron chi connectivity index (χ4n) is 1.41. The van der Waals surface area contributed by atoms with Gasteiger partial charge in [0.2, 0.25) is 5.88 Å². The molecule has 0 aliphatic rings. The summed E-state index contributed by atoms with van der Waals surface area (Å²) in [6.45, 7) is 0. The van der Waals surface area contributed by atoms with Gasteiger partial charge < -0.3 is 4.74 Å². The van der Waals surface area contributed by atoms with Crippen molar-refractivity contribution in [2.45, 2.75) is 6.18 Å². The fourth-order valence-corrected chi connectivity index (χ4v) is 1.62. The van der Waals surface area contributed by atoms with Crippen LogP contribution in [-0.2, 0) is 6.18 Å². The molecule has 0 aliphatic heterocycles. The molecule has 0 radical (unpaired) electrons. The predicted octanol–water partition coefficient (Wildman–Crippen LogP) is 4.45. The number of ether oxygens (including phenoxy) is 1. The monoisotopic (exact) mass is 318 g/mol. The molecule has 0 aliphatic carbocycles. The van der Waals surface area contributed by atoms with Crippen molar-refractivity contribution in [3.8, 4) is 11.6 Å². The van der Waals surface area contributed by atoms with Crippen LogP contribution in [0.15, 0.2) is 36.5 Å². The Morgan fingerprint density at radius 2 is 1.95 bits per heavy atom. The number of alkyl halides is 3. The normalized spacial score (nSPS) is 11.2. The average molecular weight is 319 g/mol. The number of aromatic nitrogens is 1. The number of non-ortho nitro benzene ring substituents is 1. The first-order valence-electron chi connectivity index (χ1n) is 5.42. The van der Waals surface area contributed by atoms with Gasteiger partial charge in [-0.3, -0.25) is 10.1 Å². The highest BCUT2D eigenvalue weighted by molar-refractivity contribution is 6.32. The van der Waals surface area contributed by atoms with Crippen LogP contribution in [0.2, 0.25) is 5.02 Å². The summed E-state index contributed by atoms with van der Waals surface area (Å²) in [6, 6.07) is 5.30. The lowest BCUT2D eigenvalue weighted by atomic mass is 10.3. The number of pyridine rings is 1. The van der Waals surface area contributed by atoms with Gasteiger partial charge in [-0.25, -0.2) is 4.98 Å². The minimum Gasteiger partial charge on any atom is -0.437 e. The first-order chi connectivity index (χ1) is 9.77. The lowest BCUT2D eigenvalue weighted by molar-refractivity contribution is -0.384. The third-order valence-electron chi connectivity index (χ3n) is 2.40. The molecule has 2 rings (SSSR count). The third-order valence-corrected chi connectivity index (χ3v) is 2.70. The van der Waals surface area contributed by atoms with E-state index in [-0.39, 0.29) is 22.3 Å². The molecule has 5 nitrogen and oxygen atoms in total. The average Bonchev–Trinajstić information content (AvgIpc) is 2.40. The van der Waals surface area contributed by atoms with Gasteiger partial charge in [-0.2, -0.15) is 13.2 Å². The minimum absolute atomic E-state index is 0.0501. The molecule has 0 saturated heterocycles. The van der Waals surface area contributed by atoms with E-state index in [1.807, 2.05) is 0 Å². The predicted molar refractivity (Wildman–Crippen MR) is 67.4 cm³/mol. The molecule has 1 heterocycles. The Hall–Kier alpha value is -2.35. The van der Waals surface area contributed by atoms with Gasteiger partial charge in [0.1, 0.15) is 5.75 Å². The minimum atomic E-state index is -4.49. The van der Waals surface area contributed by atoms with Crippen LogP contribution < -0.4 is 4.74 Å². The van der Waals surface area contributed by atoms with Crippen LogP contribution in [0.5, 0.6) is 11.6 Å². The van der Waals surface area contributed by atoms with E-state index in [0.717, 1.165) is 24.3 Å². The lowest BCUT2D eigenvalue weighted by Gasteiger charge is -2.08. The molecule has 110 valence electrons. The van der Waals surface area contributed by atoms with Crippen LogP contribution in [0.3, 0.4) is 0 Å². The second kappa shape index (κ2) is 5.57. The van der Waals surface area contributed by atoms with Crippen molar-refractivity contribution in [3.63, 3.8) is 0 Å². The third kappa shape index (κ3) is 3.60. The molecular formula is C12H6ClF3N2O3. The van der Waals surface area contributed by atoms with Crippen molar-refractivity contribution in [3.05, 3.63) is 57.2 Å². The number of hydrogen-bond donors (Lipinski definition) is 0. The second-order valence-corrected chi connectivity index (χ2v) is 4.26. The Labute approximate surface area is 121 Å². The van der Waals surface area contributed by atoms with Gasteiger partial charge in [-0.05, 0) is 12.1 Å². The van der Waals surface area contributed by atoms with Crippen LogP contribution in [0.25, 0.3) is 0 Å². The van der Waals surface area contributed by atoms with E-state index in [4.69, 9.17) is 16.3 Å². The Morgan fingerprint density at radius 1 is 1.24 bits per heavy atom. The van der Waals surface area contributed by atoms with Gasteiger partial charge in [0.15, 0.2) is 0 Å². The Kier molecular flexibility index (Phi) is 3.99. The quantitative estimate of drug-likeness (QED) is 0.619. The van der Waals surface area contributed by atoms with Crippen LogP contribution in [0, 0.1) is 10.1 Å². The van der Waals surface area contributed by atoms with Crippen LogP contribution in [0.1, 0.15) is 5.56 Å². The summed E-state index contributed by atoms with van der Waals surface area (Å²) in [4.78, 5) is 13.4. The zero-order chi connectivity index (χ0) is 15.6. The highest BCUT2D eigenvalue weighted by Gasteiger charge is 2.30. The zero-order valence-corrected chi connectivity index (χ0v) is 10.9. The summed E-state index contributed by atoms with van der Waals surface area (Å²) in [6.07, 6.45) is -3.87. The number of rotatable bonds is 3. The fraction of sp³-hybridized carbons (Fsp3) is 0.0833. The molecule has 0 spiro atoms. The highest BCUT2D eigenvalue weighted by atomic mass is 35.5. The maximum atomic E-state index is 12.4. The molecule has 0 unspecified atom stereocenters. The van der Waals surface area contributed by atoms with Crippen molar-refractivity contribution in [2.24, 2.45) is 0 Å². The van der Waals surface area contributed by atoms with Gasteiger partial charge in [-0.1, -0.05) is 11.6 Å². The van der Waals surface area contributed by atoms with E-state index >= 15 is 0 Å². The number of hydrogen-bond acceptors (Lipinski definition) is 4. The maximum absolute atomic E-state index is 12.4. The summed E-state index contributed by atoms with van der Waals surface area (Å²) in [5, 5.41) is 10.5. The molecule has 0 fully saturated rings. The Morgan fingerprint density at radius 3 is 2.43 bits per heavy atom. The summed E-state index contributed by atoms with van der Waals surface area (Å²) >= 11 is 5.79. The lowest BCUT2D eigenvalue weighted by Crippen LogP contribution is -2.05. The van der Waals surface area contributed by atoms with Crippen molar-refractivity contribution >= 4 is 17.3 Å². The second-order valence-electron chi connectivity index (χ2n) is 3.86. The first kappa shape index (κ1) is 15.0. The summed E-state index contributed by atoms with van der Waals surface area (Å²) in [5.74, 6) is -0.0618. The molecule has 1 aromatic carbocycles. The molecule has 2 aromatic rings. The largest absolute Gasteiger partial charge is 0.437 e. The summed E-state index contributed by atoms with van der Waals surface area (Å²) in [5.41, 5.74) is -1.14. The first-order valence-corrected chi connectivity index (χ1v) is 5.80. The van der Waals surface area contributed by atoms with Gasteiger partial charge >= 0.3 is 6.18 Å². The topological polar surface area (TPSA) is 65.3 Å². The molecule has 21 heavy (non-hydrogen) atoms. The van der Waals surface area contributed by atoms with E-state index in [9.17, 15) is 23.3 Å². The molecule has 0 bridgehead atoms. The summed E-state index contributed by atoms with van der Waals surface area (Å²) < 4.78 is 42.3. The van der Waals surface area contributed by atoms with Gasteiger partial charge in [-0.15, -0.1) is 0 Å². The Balaban J connectivity index is 2.20. The number of nitrogens with zero attached hydrogens (tertiary/aromatic N) is 2. The van der Waals surface area contributed by atoms with Crippen LogP contribution >= 0.6 is 11.6 Å². The molecule has 0 atom stereocenters. The number of halogens is 4. The molecule has 0 N–H and O–H groups in total. The molecule has 9 heteroatoms. The molecule has 0 saturated carbocycles. The number of nitro groups is 1. The number of benzene rings is 1. The zero-order valence-electron chi connectivity index (χ0n) is 10.1. The van der Waals surface area contributed by atoms with E-state index in [1.165, 1.54) is 6.07 Å². The highest BCUT2D eigenvalue weighted by Crippen LogP contribution is 2.33. The van der Waals surface area contributed by atoms with E-state index in [2.05, 4.69) is 4.98 Å². The van der Waals surface area contributed by atoms with Crippen LogP contribution in [0.4, 0.5) is 18.9 Å². The van der Waals surface area contributed by atoms with Crippen molar-refractivity contribution in [1.29, 1.82) is 0 Å². The number of nitro benzene ring substituents is 1. The van der Waals surface area contributed by atoms with E-state index in [1.54, 1.807) is 0 Å². The van der Waals surface area contributed by atoms with Gasteiger partial charge in [0.25, 0.3) is 5.69 Å². The SMILES string of the molecule is O=[N+]([O-])c1ccc(Oc2ccc(C(F)(F)F)cn2)c(Cl)c1. The van der Waals surface area contributed by atoms with E-state index in [0.29, 0.717) is 6.20 Å². The smallest absolute Gasteiger partial charge is 0.417 e. The standard InChI is InChI=1S/C12H6ClF3N2O3/c13-9-5-8(18(19)20)2-3-10(9)21-11-4-1-7(6-17-11)12(14,15)16/h1-6H. The van der Waals surface area contributed by atoms with Crippen molar-refractivity contribution < 1.29 is 22.8 Å². The molecular weight excluding hydrogens is 313 g/mol. The van der Waals surface area contributed by atoms with Crippen LogP contribution in [-0.4, -0.2) is 9.91 Å². The maximum Gasteiger partial charge on any atom is 0.417 e. The van der Waals surface area contributed by atoms with Crippen molar-refractivity contribution in [1.82, 2.24) is 4.98 Å². The van der Waals surface area contributed by atoms with Gasteiger partial charge in [0, 0.05) is 24.4 Å². The molecule has 0 amide bonds.